The van der Waals surface area contributed by atoms with E-state index in [0.717, 1.165) is 22.3 Å². The number of nitrogens with one attached hydrogen (secondary N) is 1. The molecule has 0 unspecified atom stereocenters. The third kappa shape index (κ3) is 6.23. The normalized spacial score (nSPS) is 10.8. The van der Waals surface area contributed by atoms with Crippen LogP contribution in [0.15, 0.2) is 40.8 Å². The van der Waals surface area contributed by atoms with Crippen molar-refractivity contribution in [3.8, 4) is 5.75 Å². The first-order chi connectivity index (χ1) is 11.0. The molecule has 124 valence electrons. The molecule has 2 rings (SSSR count). The number of rotatable bonds is 8. The van der Waals surface area contributed by atoms with Crippen molar-refractivity contribution in [2.75, 3.05) is 27.2 Å². The van der Waals surface area contributed by atoms with Gasteiger partial charge in [-0.25, -0.2) is 0 Å². The van der Waals surface area contributed by atoms with Crippen molar-refractivity contribution < 1.29 is 13.9 Å². The molecule has 1 amide bonds. The molecule has 5 nitrogen and oxygen atoms in total. The first-order valence-corrected chi connectivity index (χ1v) is 8.52. The van der Waals surface area contributed by atoms with E-state index in [-0.39, 0.29) is 5.91 Å². The Bertz CT molecular complexity index is 623. The fraction of sp³-hybridized carbons (Fsp3) is 0.353. The number of nitrogens with zero attached hydrogens (tertiary/aromatic N) is 1. The van der Waals surface area contributed by atoms with Crippen LogP contribution in [0, 0.1) is 3.57 Å². The van der Waals surface area contributed by atoms with Gasteiger partial charge in [-0.2, -0.15) is 0 Å². The molecule has 6 heteroatoms. The van der Waals surface area contributed by atoms with E-state index in [2.05, 4.69) is 32.8 Å². The van der Waals surface area contributed by atoms with Gasteiger partial charge < -0.3 is 19.4 Å². The van der Waals surface area contributed by atoms with Crippen molar-refractivity contribution in [1.29, 1.82) is 0 Å². The number of hydrogen-bond acceptors (Lipinski definition) is 4. The minimum absolute atomic E-state index is 0.190. The quantitative estimate of drug-likeness (QED) is 0.519. The van der Waals surface area contributed by atoms with E-state index in [9.17, 15) is 4.79 Å². The number of hydrogen-bond donors (Lipinski definition) is 1. The van der Waals surface area contributed by atoms with Crippen LogP contribution in [0.1, 0.15) is 22.7 Å². The van der Waals surface area contributed by atoms with Gasteiger partial charge in [-0.3, -0.25) is 4.79 Å². The molecule has 23 heavy (non-hydrogen) atoms. The van der Waals surface area contributed by atoms with E-state index in [1.165, 1.54) is 0 Å². The molecule has 0 bridgehead atoms. The molecule has 0 aliphatic carbocycles. The summed E-state index contributed by atoms with van der Waals surface area (Å²) in [5, 5.41) is 2.85. The van der Waals surface area contributed by atoms with Crippen LogP contribution in [0.3, 0.4) is 0 Å². The fourth-order valence-corrected chi connectivity index (χ4v) is 2.31. The van der Waals surface area contributed by atoms with Crippen LogP contribution in [0.5, 0.6) is 5.75 Å². The summed E-state index contributed by atoms with van der Waals surface area (Å²) in [5.41, 5.74) is 0. The summed E-state index contributed by atoms with van der Waals surface area (Å²) >= 11 is 2.24. The van der Waals surface area contributed by atoms with E-state index in [4.69, 9.17) is 9.15 Å². The number of amides is 1. The highest BCUT2D eigenvalue weighted by molar-refractivity contribution is 14.1. The number of furan rings is 1. The summed E-state index contributed by atoms with van der Waals surface area (Å²) in [4.78, 5) is 14.0. The van der Waals surface area contributed by atoms with E-state index in [1.54, 1.807) is 12.1 Å². The molecule has 0 atom stereocenters. The van der Waals surface area contributed by atoms with Gasteiger partial charge in [0.15, 0.2) is 5.76 Å². The van der Waals surface area contributed by atoms with Crippen molar-refractivity contribution in [2.24, 2.45) is 0 Å². The van der Waals surface area contributed by atoms with Gasteiger partial charge in [0.05, 0.1) is 0 Å². The third-order valence-corrected chi connectivity index (χ3v) is 3.87. The molecule has 0 aliphatic heterocycles. The van der Waals surface area contributed by atoms with Gasteiger partial charge in [0, 0.05) is 10.1 Å². The van der Waals surface area contributed by atoms with Crippen molar-refractivity contribution in [3.63, 3.8) is 0 Å². The molecule has 1 aromatic heterocycles. The van der Waals surface area contributed by atoms with Crippen molar-refractivity contribution in [1.82, 2.24) is 10.2 Å². The van der Waals surface area contributed by atoms with E-state index in [1.807, 2.05) is 38.4 Å². The summed E-state index contributed by atoms with van der Waals surface area (Å²) in [6, 6.07) is 11.2. The zero-order valence-electron chi connectivity index (χ0n) is 13.3. The first kappa shape index (κ1) is 17.8. The summed E-state index contributed by atoms with van der Waals surface area (Å²) in [6.07, 6.45) is 0.905. The summed E-state index contributed by atoms with van der Waals surface area (Å²) in [6.45, 7) is 1.87. The Morgan fingerprint density at radius 3 is 2.65 bits per heavy atom. The predicted octanol–water partition coefficient (Wildman–Crippen LogP) is 3.14. The Hall–Kier alpha value is -1.54. The number of carbonyl (C=O) groups is 1. The molecular formula is C17H21IN2O3. The van der Waals surface area contributed by atoms with Crippen molar-refractivity contribution in [2.45, 2.75) is 13.0 Å². The lowest BCUT2D eigenvalue weighted by molar-refractivity contribution is 0.0920. The molecule has 0 saturated heterocycles. The molecule has 1 aromatic carbocycles. The molecule has 0 saturated carbocycles. The second-order valence-electron chi connectivity index (χ2n) is 5.42. The number of benzene rings is 1. The van der Waals surface area contributed by atoms with Crippen LogP contribution in [-0.4, -0.2) is 38.0 Å². The largest absolute Gasteiger partial charge is 0.486 e. The van der Waals surface area contributed by atoms with Gasteiger partial charge in [-0.1, -0.05) is 0 Å². The van der Waals surface area contributed by atoms with E-state index >= 15 is 0 Å². The molecule has 0 aliphatic rings. The van der Waals surface area contributed by atoms with Crippen LogP contribution >= 0.6 is 22.6 Å². The molecule has 1 N–H and O–H groups in total. The Morgan fingerprint density at radius 2 is 1.96 bits per heavy atom. The SMILES string of the molecule is CN(C)CCCNC(=O)c1ccc(COc2ccc(I)cc2)o1. The van der Waals surface area contributed by atoms with Crippen molar-refractivity contribution in [3.05, 3.63) is 51.5 Å². The lowest BCUT2D eigenvalue weighted by atomic mass is 10.3. The number of carbonyl (C=O) groups excluding carboxylic acids is 1. The summed E-state index contributed by atoms with van der Waals surface area (Å²) < 4.78 is 12.3. The minimum atomic E-state index is -0.190. The van der Waals surface area contributed by atoms with Gasteiger partial charge in [-0.05, 0) is 86.0 Å². The highest BCUT2D eigenvalue weighted by Gasteiger charge is 2.11. The molecule has 0 fully saturated rings. The molecule has 0 spiro atoms. The van der Waals surface area contributed by atoms with Crippen LogP contribution in [-0.2, 0) is 6.61 Å². The lowest BCUT2D eigenvalue weighted by Crippen LogP contribution is -2.26. The van der Waals surface area contributed by atoms with E-state index in [0.29, 0.717) is 24.7 Å². The number of halogens is 1. The Labute approximate surface area is 150 Å². The zero-order chi connectivity index (χ0) is 16.7. The molecule has 0 radical (unpaired) electrons. The van der Waals surface area contributed by atoms with Gasteiger partial charge in [-0.15, -0.1) is 0 Å². The Kier molecular flexibility index (Phi) is 6.91. The van der Waals surface area contributed by atoms with Crippen molar-refractivity contribution >= 4 is 28.5 Å². The van der Waals surface area contributed by atoms with Crippen LogP contribution < -0.4 is 10.1 Å². The maximum atomic E-state index is 12.0. The minimum Gasteiger partial charge on any atom is -0.486 e. The fourth-order valence-electron chi connectivity index (χ4n) is 1.95. The van der Waals surface area contributed by atoms with Crippen LogP contribution in [0.25, 0.3) is 0 Å². The third-order valence-electron chi connectivity index (χ3n) is 3.15. The van der Waals surface area contributed by atoms with Crippen LogP contribution in [0.4, 0.5) is 0 Å². The Morgan fingerprint density at radius 1 is 1.22 bits per heavy atom. The summed E-state index contributed by atoms with van der Waals surface area (Å²) in [7, 11) is 4.02. The highest BCUT2D eigenvalue weighted by Crippen LogP contribution is 2.16. The second-order valence-corrected chi connectivity index (χ2v) is 6.67. The standard InChI is InChI=1S/C17H21IN2O3/c1-20(2)11-3-10-19-17(21)16-9-8-15(23-16)12-22-14-6-4-13(18)5-7-14/h4-9H,3,10-12H2,1-2H3,(H,19,21). The molecule has 2 aromatic rings. The average molecular weight is 428 g/mol. The average Bonchev–Trinajstić information content (AvgIpc) is 3.00. The maximum Gasteiger partial charge on any atom is 0.286 e. The van der Waals surface area contributed by atoms with E-state index < -0.39 is 0 Å². The Balaban J connectivity index is 1.78. The highest BCUT2D eigenvalue weighted by atomic mass is 127. The van der Waals surface area contributed by atoms with Gasteiger partial charge in [0.25, 0.3) is 5.91 Å². The lowest BCUT2D eigenvalue weighted by Gasteiger charge is -2.09. The van der Waals surface area contributed by atoms with Gasteiger partial charge >= 0.3 is 0 Å². The van der Waals surface area contributed by atoms with Crippen LogP contribution in [0.2, 0.25) is 0 Å². The topological polar surface area (TPSA) is 54.7 Å². The first-order valence-electron chi connectivity index (χ1n) is 7.44. The molecular weight excluding hydrogens is 407 g/mol. The zero-order valence-corrected chi connectivity index (χ0v) is 15.5. The maximum absolute atomic E-state index is 12.0. The van der Waals surface area contributed by atoms with Gasteiger partial charge in [0.2, 0.25) is 0 Å². The predicted molar refractivity (Wildman–Crippen MR) is 97.7 cm³/mol. The summed E-state index contributed by atoms with van der Waals surface area (Å²) in [5.74, 6) is 1.53. The second kappa shape index (κ2) is 8.93. The molecule has 1 heterocycles. The van der Waals surface area contributed by atoms with Gasteiger partial charge in [0.1, 0.15) is 18.1 Å². The number of ether oxygens (including phenoxy) is 1. The monoisotopic (exact) mass is 428 g/mol. The smallest absolute Gasteiger partial charge is 0.286 e.